The maximum atomic E-state index is 6.03. The fourth-order valence-corrected chi connectivity index (χ4v) is 3.64. The summed E-state index contributed by atoms with van der Waals surface area (Å²) in [6.45, 7) is 8.89. The Morgan fingerprint density at radius 1 is 1.34 bits per heavy atom. The maximum absolute atomic E-state index is 6.03. The molecule has 1 aromatic heterocycles. The molecular formula is C20H30ClIN6O. The number of hydrogen-bond donors (Lipinski definition) is 2. The van der Waals surface area contributed by atoms with E-state index in [-0.39, 0.29) is 24.0 Å². The average Bonchev–Trinajstić information content (AvgIpc) is 3.35. The van der Waals surface area contributed by atoms with Crippen molar-refractivity contribution in [3.63, 3.8) is 0 Å². The molecule has 2 heterocycles. The first kappa shape index (κ1) is 23.9. The number of aliphatic imine (C=N–C) groups is 1. The number of benzene rings is 1. The van der Waals surface area contributed by atoms with Crippen LogP contribution in [0, 0.1) is 0 Å². The van der Waals surface area contributed by atoms with E-state index >= 15 is 0 Å². The summed E-state index contributed by atoms with van der Waals surface area (Å²) in [6, 6.07) is 7.99. The number of likely N-dealkylation sites (tertiary alicyclic amines) is 1. The molecule has 1 aliphatic rings. The van der Waals surface area contributed by atoms with Gasteiger partial charge in [0.25, 0.3) is 0 Å². The summed E-state index contributed by atoms with van der Waals surface area (Å²) in [6.07, 6.45) is 3.12. The maximum Gasteiger partial charge on any atom is 0.228 e. The number of likely N-dealkylation sites (N-methyl/N-ethyl adjacent to an activating group) is 1. The fourth-order valence-electron chi connectivity index (χ4n) is 3.45. The second-order valence-corrected chi connectivity index (χ2v) is 7.28. The first-order valence-electron chi connectivity index (χ1n) is 10.0. The predicted octanol–water partition coefficient (Wildman–Crippen LogP) is 3.59. The van der Waals surface area contributed by atoms with Gasteiger partial charge in [0.2, 0.25) is 11.7 Å². The minimum atomic E-state index is 0. The number of aromatic nitrogens is 2. The van der Waals surface area contributed by atoms with Crippen molar-refractivity contribution in [1.29, 1.82) is 0 Å². The predicted molar refractivity (Wildman–Crippen MR) is 128 cm³/mol. The Kier molecular flexibility index (Phi) is 10.2. The van der Waals surface area contributed by atoms with Gasteiger partial charge in [-0.05, 0) is 45.0 Å². The third-order valence-electron chi connectivity index (χ3n) is 4.89. The van der Waals surface area contributed by atoms with Crippen molar-refractivity contribution in [2.45, 2.75) is 39.2 Å². The van der Waals surface area contributed by atoms with Crippen LogP contribution in [0.3, 0.4) is 0 Å². The van der Waals surface area contributed by atoms with E-state index in [1.165, 1.54) is 19.4 Å². The topological polar surface area (TPSA) is 78.6 Å². The van der Waals surface area contributed by atoms with Crippen LogP contribution in [0.5, 0.6) is 0 Å². The Hall–Kier alpha value is -1.39. The molecule has 1 aliphatic heterocycles. The molecule has 7 nitrogen and oxygen atoms in total. The standard InChI is InChI=1S/C20H29ClN6O.HI/c1-3-22-20(24-14-17-9-6-12-27(17)4-2)23-11-10-18-25-19(26-28-18)15-7-5-8-16(21)13-15;/h5,7-8,13,17H,3-4,6,9-12,14H2,1-2H3,(H2,22,23,24);1H. The van der Waals surface area contributed by atoms with Gasteiger partial charge < -0.3 is 15.2 Å². The number of nitrogens with one attached hydrogen (secondary N) is 2. The molecule has 1 saturated heterocycles. The molecule has 160 valence electrons. The molecule has 1 atom stereocenters. The second kappa shape index (κ2) is 12.3. The van der Waals surface area contributed by atoms with Crippen LogP contribution >= 0.6 is 35.6 Å². The van der Waals surface area contributed by atoms with Crippen molar-refractivity contribution in [1.82, 2.24) is 25.7 Å². The monoisotopic (exact) mass is 532 g/mol. The van der Waals surface area contributed by atoms with Gasteiger partial charge >= 0.3 is 0 Å². The summed E-state index contributed by atoms with van der Waals surface area (Å²) in [5.74, 6) is 1.98. The van der Waals surface area contributed by atoms with Gasteiger partial charge in [-0.2, -0.15) is 4.98 Å². The Balaban J connectivity index is 0.00000300. The van der Waals surface area contributed by atoms with Gasteiger partial charge in [-0.15, -0.1) is 24.0 Å². The van der Waals surface area contributed by atoms with Crippen LogP contribution in [0.4, 0.5) is 0 Å². The van der Waals surface area contributed by atoms with Crippen LogP contribution < -0.4 is 10.6 Å². The molecule has 0 radical (unpaired) electrons. The molecule has 1 unspecified atom stereocenters. The molecule has 29 heavy (non-hydrogen) atoms. The lowest BCUT2D eigenvalue weighted by Gasteiger charge is -2.21. The van der Waals surface area contributed by atoms with Crippen LogP contribution in [0.25, 0.3) is 11.4 Å². The highest BCUT2D eigenvalue weighted by molar-refractivity contribution is 14.0. The van der Waals surface area contributed by atoms with Gasteiger partial charge in [0.1, 0.15) is 0 Å². The highest BCUT2D eigenvalue weighted by atomic mass is 127. The summed E-state index contributed by atoms with van der Waals surface area (Å²) < 4.78 is 5.36. The molecule has 0 spiro atoms. The van der Waals surface area contributed by atoms with Crippen molar-refractivity contribution >= 4 is 41.5 Å². The van der Waals surface area contributed by atoms with Gasteiger partial charge in [-0.1, -0.05) is 35.8 Å². The Bertz CT molecular complexity index is 784. The van der Waals surface area contributed by atoms with Crippen molar-refractivity contribution in [3.05, 3.63) is 35.2 Å². The van der Waals surface area contributed by atoms with E-state index in [4.69, 9.17) is 21.1 Å². The zero-order valence-electron chi connectivity index (χ0n) is 17.0. The zero-order chi connectivity index (χ0) is 19.8. The molecule has 0 amide bonds. The molecule has 1 fully saturated rings. The molecule has 9 heteroatoms. The molecule has 3 rings (SSSR count). The average molecular weight is 533 g/mol. The number of rotatable bonds is 8. The third kappa shape index (κ3) is 7.11. The second-order valence-electron chi connectivity index (χ2n) is 6.84. The van der Waals surface area contributed by atoms with E-state index in [0.717, 1.165) is 31.2 Å². The summed E-state index contributed by atoms with van der Waals surface area (Å²) >= 11 is 6.03. The largest absolute Gasteiger partial charge is 0.357 e. The highest BCUT2D eigenvalue weighted by Gasteiger charge is 2.22. The van der Waals surface area contributed by atoms with Crippen molar-refractivity contribution in [2.24, 2.45) is 4.99 Å². The van der Waals surface area contributed by atoms with Crippen LogP contribution in [0.15, 0.2) is 33.8 Å². The van der Waals surface area contributed by atoms with Crippen molar-refractivity contribution in [3.8, 4) is 11.4 Å². The minimum Gasteiger partial charge on any atom is -0.357 e. The van der Waals surface area contributed by atoms with E-state index in [9.17, 15) is 0 Å². The van der Waals surface area contributed by atoms with Crippen molar-refractivity contribution in [2.75, 3.05) is 32.7 Å². The number of guanidine groups is 1. The van der Waals surface area contributed by atoms with Crippen LogP contribution in [-0.4, -0.2) is 59.8 Å². The van der Waals surface area contributed by atoms with E-state index in [2.05, 4.69) is 39.5 Å². The van der Waals surface area contributed by atoms with Gasteiger partial charge in [0, 0.05) is 36.1 Å². The van der Waals surface area contributed by atoms with Crippen molar-refractivity contribution < 1.29 is 4.52 Å². The van der Waals surface area contributed by atoms with Crippen LogP contribution in [0.2, 0.25) is 5.02 Å². The highest BCUT2D eigenvalue weighted by Crippen LogP contribution is 2.20. The lowest BCUT2D eigenvalue weighted by Crippen LogP contribution is -2.40. The smallest absolute Gasteiger partial charge is 0.228 e. The number of nitrogens with zero attached hydrogens (tertiary/aromatic N) is 4. The fraction of sp³-hybridized carbons (Fsp3) is 0.550. The van der Waals surface area contributed by atoms with Gasteiger partial charge in [-0.25, -0.2) is 0 Å². The molecule has 0 saturated carbocycles. The third-order valence-corrected chi connectivity index (χ3v) is 5.13. The van der Waals surface area contributed by atoms with Gasteiger partial charge in [0.15, 0.2) is 5.96 Å². The van der Waals surface area contributed by atoms with E-state index < -0.39 is 0 Å². The summed E-state index contributed by atoms with van der Waals surface area (Å²) in [4.78, 5) is 11.7. The SMILES string of the molecule is CCNC(=NCC1CCCN1CC)NCCc1nc(-c2cccc(Cl)c2)no1.I. The zero-order valence-corrected chi connectivity index (χ0v) is 20.1. The molecule has 0 aliphatic carbocycles. The molecule has 2 N–H and O–H groups in total. The number of hydrogen-bond acceptors (Lipinski definition) is 5. The first-order valence-corrected chi connectivity index (χ1v) is 10.4. The van der Waals surface area contributed by atoms with Gasteiger partial charge in [-0.3, -0.25) is 9.89 Å². The molecule has 2 aromatic rings. The Morgan fingerprint density at radius 3 is 2.97 bits per heavy atom. The quantitative estimate of drug-likeness (QED) is 0.307. The Morgan fingerprint density at radius 2 is 2.21 bits per heavy atom. The summed E-state index contributed by atoms with van der Waals surface area (Å²) in [5.41, 5.74) is 0.849. The molecule has 1 aromatic carbocycles. The lowest BCUT2D eigenvalue weighted by molar-refractivity contribution is 0.273. The number of halogens is 2. The Labute approximate surface area is 194 Å². The minimum absolute atomic E-state index is 0. The molecule has 0 bridgehead atoms. The molecular weight excluding hydrogens is 503 g/mol. The van der Waals surface area contributed by atoms with E-state index in [1.807, 2.05) is 24.3 Å². The first-order chi connectivity index (χ1) is 13.7. The van der Waals surface area contributed by atoms with Crippen LogP contribution in [0.1, 0.15) is 32.6 Å². The summed E-state index contributed by atoms with van der Waals surface area (Å²) in [5, 5.41) is 11.4. The lowest BCUT2D eigenvalue weighted by atomic mass is 10.2. The summed E-state index contributed by atoms with van der Waals surface area (Å²) in [7, 11) is 0. The van der Waals surface area contributed by atoms with Gasteiger partial charge in [0.05, 0.1) is 6.54 Å². The van der Waals surface area contributed by atoms with Crippen LogP contribution in [-0.2, 0) is 6.42 Å². The van der Waals surface area contributed by atoms with E-state index in [1.54, 1.807) is 0 Å². The normalized spacial score (nSPS) is 17.2. The van der Waals surface area contributed by atoms with E-state index in [0.29, 0.717) is 35.7 Å².